The summed E-state index contributed by atoms with van der Waals surface area (Å²) in [7, 11) is 0. The molecule has 0 aromatic rings. The number of carbonyl (C=O) groups excluding carboxylic acids is 2. The molecular weight excluding hydrogens is 230 g/mol. The third kappa shape index (κ3) is 2.83. The van der Waals surface area contributed by atoms with E-state index in [0.29, 0.717) is 25.0 Å². The van der Waals surface area contributed by atoms with Crippen LogP contribution in [0, 0.1) is 5.92 Å². The van der Waals surface area contributed by atoms with Gasteiger partial charge in [-0.2, -0.15) is 0 Å². The van der Waals surface area contributed by atoms with Gasteiger partial charge in [-0.15, -0.1) is 0 Å². The molecule has 5 nitrogen and oxygen atoms in total. The lowest BCUT2D eigenvalue weighted by Gasteiger charge is -2.39. The first kappa shape index (κ1) is 13.3. The van der Waals surface area contributed by atoms with Crippen molar-refractivity contribution in [2.45, 2.75) is 32.7 Å². The van der Waals surface area contributed by atoms with Gasteiger partial charge in [0.1, 0.15) is 0 Å². The fraction of sp³-hybridized carbons (Fsp3) is 0.846. The molecule has 102 valence electrons. The predicted molar refractivity (Wildman–Crippen MR) is 69.0 cm³/mol. The number of amides is 2. The van der Waals surface area contributed by atoms with E-state index in [9.17, 15) is 9.59 Å². The van der Waals surface area contributed by atoms with E-state index >= 15 is 0 Å². The Labute approximate surface area is 108 Å². The Morgan fingerprint density at radius 3 is 2.89 bits per heavy atom. The van der Waals surface area contributed by atoms with E-state index in [-0.39, 0.29) is 18.4 Å². The molecule has 2 saturated heterocycles. The first-order chi connectivity index (χ1) is 8.59. The van der Waals surface area contributed by atoms with E-state index in [1.807, 2.05) is 4.90 Å². The van der Waals surface area contributed by atoms with Crippen LogP contribution in [0.3, 0.4) is 0 Å². The highest BCUT2D eigenvalue weighted by Crippen LogP contribution is 2.22. The van der Waals surface area contributed by atoms with Crippen LogP contribution in [0.5, 0.6) is 0 Å². The van der Waals surface area contributed by atoms with Gasteiger partial charge in [0, 0.05) is 25.7 Å². The van der Waals surface area contributed by atoms with E-state index in [4.69, 9.17) is 0 Å². The second-order valence-electron chi connectivity index (χ2n) is 5.44. The maximum Gasteiger partial charge on any atom is 0.242 e. The van der Waals surface area contributed by atoms with Gasteiger partial charge in [0.2, 0.25) is 11.8 Å². The molecule has 2 heterocycles. The molecule has 0 aliphatic carbocycles. The van der Waals surface area contributed by atoms with Crippen LogP contribution in [-0.4, -0.2) is 60.4 Å². The van der Waals surface area contributed by atoms with E-state index in [2.05, 4.69) is 19.2 Å². The van der Waals surface area contributed by atoms with Gasteiger partial charge >= 0.3 is 0 Å². The van der Waals surface area contributed by atoms with Crippen molar-refractivity contribution < 1.29 is 9.59 Å². The minimum Gasteiger partial charge on any atom is -0.338 e. The molecule has 0 aromatic carbocycles. The number of hydrogen-bond acceptors (Lipinski definition) is 3. The monoisotopic (exact) mass is 253 g/mol. The molecule has 0 saturated carbocycles. The topological polar surface area (TPSA) is 52.7 Å². The summed E-state index contributed by atoms with van der Waals surface area (Å²) in [5.41, 5.74) is 0. The number of carbonyl (C=O) groups is 2. The zero-order valence-corrected chi connectivity index (χ0v) is 11.3. The molecule has 0 aromatic heterocycles. The molecule has 2 atom stereocenters. The summed E-state index contributed by atoms with van der Waals surface area (Å²) in [4.78, 5) is 27.5. The number of piperazine rings is 1. The van der Waals surface area contributed by atoms with Gasteiger partial charge in [-0.1, -0.05) is 6.92 Å². The Bertz CT molecular complexity index is 332. The average molecular weight is 253 g/mol. The van der Waals surface area contributed by atoms with E-state index in [0.717, 1.165) is 19.5 Å². The van der Waals surface area contributed by atoms with Crippen LogP contribution in [0.15, 0.2) is 0 Å². The van der Waals surface area contributed by atoms with Crippen LogP contribution in [0.25, 0.3) is 0 Å². The average Bonchev–Trinajstić information content (AvgIpc) is 2.35. The zero-order valence-electron chi connectivity index (χ0n) is 11.3. The summed E-state index contributed by atoms with van der Waals surface area (Å²) < 4.78 is 0. The SMILES string of the molecule is C[C@@H]1CCCN(C(=O)CN2CCNCC2=O)[C@H]1C. The lowest BCUT2D eigenvalue weighted by molar-refractivity contribution is -0.143. The smallest absolute Gasteiger partial charge is 0.242 e. The van der Waals surface area contributed by atoms with Gasteiger partial charge in [0.05, 0.1) is 13.1 Å². The number of hydrogen-bond donors (Lipinski definition) is 1. The molecule has 0 radical (unpaired) electrons. The van der Waals surface area contributed by atoms with Gasteiger partial charge in [0.25, 0.3) is 0 Å². The van der Waals surface area contributed by atoms with Crippen LogP contribution in [0.1, 0.15) is 26.7 Å². The summed E-state index contributed by atoms with van der Waals surface area (Å²) >= 11 is 0. The molecule has 0 unspecified atom stereocenters. The van der Waals surface area contributed by atoms with Crippen molar-refractivity contribution >= 4 is 11.8 Å². The Hall–Kier alpha value is -1.10. The fourth-order valence-electron chi connectivity index (χ4n) is 2.75. The van der Waals surface area contributed by atoms with Crippen molar-refractivity contribution in [3.8, 4) is 0 Å². The predicted octanol–water partition coefficient (Wildman–Crippen LogP) is 0.0652. The molecule has 2 aliphatic heterocycles. The Morgan fingerprint density at radius 2 is 2.17 bits per heavy atom. The van der Waals surface area contributed by atoms with Gasteiger partial charge in [-0.05, 0) is 25.7 Å². The third-order valence-electron chi connectivity index (χ3n) is 4.21. The van der Waals surface area contributed by atoms with E-state index in [1.54, 1.807) is 4.90 Å². The second-order valence-corrected chi connectivity index (χ2v) is 5.44. The third-order valence-corrected chi connectivity index (χ3v) is 4.21. The molecule has 0 bridgehead atoms. The van der Waals surface area contributed by atoms with Crippen molar-refractivity contribution in [3.05, 3.63) is 0 Å². The highest BCUT2D eigenvalue weighted by atomic mass is 16.2. The van der Waals surface area contributed by atoms with Gasteiger partial charge in [-0.3, -0.25) is 9.59 Å². The summed E-state index contributed by atoms with van der Waals surface area (Å²) in [5.74, 6) is 0.693. The maximum atomic E-state index is 12.3. The van der Waals surface area contributed by atoms with E-state index in [1.165, 1.54) is 6.42 Å². The largest absolute Gasteiger partial charge is 0.338 e. The molecule has 2 rings (SSSR count). The minimum atomic E-state index is 0.0345. The molecule has 2 fully saturated rings. The lowest BCUT2D eigenvalue weighted by Crippen LogP contribution is -2.54. The molecule has 5 heteroatoms. The number of nitrogens with one attached hydrogen (secondary N) is 1. The molecule has 18 heavy (non-hydrogen) atoms. The molecule has 0 spiro atoms. The molecule has 2 aliphatic rings. The zero-order chi connectivity index (χ0) is 13.1. The van der Waals surface area contributed by atoms with Gasteiger partial charge in [-0.25, -0.2) is 0 Å². The van der Waals surface area contributed by atoms with Crippen molar-refractivity contribution in [1.29, 1.82) is 0 Å². The summed E-state index contributed by atoms with van der Waals surface area (Å²) in [6.07, 6.45) is 2.27. The van der Waals surface area contributed by atoms with Crippen LogP contribution in [-0.2, 0) is 9.59 Å². The first-order valence-corrected chi connectivity index (χ1v) is 6.87. The quantitative estimate of drug-likeness (QED) is 0.757. The number of piperidine rings is 1. The molecular formula is C13H23N3O2. The first-order valence-electron chi connectivity index (χ1n) is 6.87. The van der Waals surface area contributed by atoms with Gasteiger partial charge < -0.3 is 15.1 Å². The second kappa shape index (κ2) is 5.69. The minimum absolute atomic E-state index is 0.0345. The standard InChI is InChI=1S/C13H23N3O2/c1-10-4-3-6-16(11(10)2)13(18)9-15-7-5-14-8-12(15)17/h10-11,14H,3-9H2,1-2H3/t10-,11+/m1/s1. The Kier molecular flexibility index (Phi) is 4.22. The number of nitrogens with zero attached hydrogens (tertiary/aromatic N) is 2. The Morgan fingerprint density at radius 1 is 1.39 bits per heavy atom. The van der Waals surface area contributed by atoms with Crippen molar-refractivity contribution in [3.63, 3.8) is 0 Å². The maximum absolute atomic E-state index is 12.3. The van der Waals surface area contributed by atoms with Gasteiger partial charge in [0.15, 0.2) is 0 Å². The molecule has 1 N–H and O–H groups in total. The number of rotatable bonds is 2. The fourth-order valence-corrected chi connectivity index (χ4v) is 2.75. The van der Waals surface area contributed by atoms with Crippen molar-refractivity contribution in [2.75, 3.05) is 32.7 Å². The van der Waals surface area contributed by atoms with Crippen LogP contribution >= 0.6 is 0 Å². The highest BCUT2D eigenvalue weighted by Gasteiger charge is 2.30. The summed E-state index contributed by atoms with van der Waals surface area (Å²) in [6.45, 7) is 7.18. The lowest BCUT2D eigenvalue weighted by atomic mass is 9.92. The summed E-state index contributed by atoms with van der Waals surface area (Å²) in [6, 6.07) is 0.296. The normalized spacial score (nSPS) is 29.6. The molecule has 2 amide bonds. The van der Waals surface area contributed by atoms with Crippen molar-refractivity contribution in [1.82, 2.24) is 15.1 Å². The summed E-state index contributed by atoms with van der Waals surface area (Å²) in [5, 5.41) is 3.02. The van der Waals surface area contributed by atoms with Crippen LogP contribution < -0.4 is 5.32 Å². The Balaban J connectivity index is 1.92. The van der Waals surface area contributed by atoms with Crippen molar-refractivity contribution in [2.24, 2.45) is 5.92 Å². The van der Waals surface area contributed by atoms with Crippen LogP contribution in [0.2, 0.25) is 0 Å². The highest BCUT2D eigenvalue weighted by molar-refractivity contribution is 5.86. The number of likely N-dealkylation sites (tertiary alicyclic amines) is 1. The van der Waals surface area contributed by atoms with E-state index < -0.39 is 0 Å². The van der Waals surface area contributed by atoms with Crippen LogP contribution in [0.4, 0.5) is 0 Å².